The Bertz CT molecular complexity index is 1630. The molecule has 0 aliphatic carbocycles. The maximum absolute atomic E-state index is 15.5. The molecule has 1 saturated heterocycles. The Labute approximate surface area is 233 Å². The first kappa shape index (κ1) is 25.8. The van der Waals surface area contributed by atoms with E-state index in [-0.39, 0.29) is 17.8 Å². The van der Waals surface area contributed by atoms with Gasteiger partial charge in [-0.25, -0.2) is 29.3 Å². The standard InChI is InChI=1S/C28H25FN8O2S/c1-3-24(38)37-10-8-18(9-11-37)40-23-7-5-20-26(36-23)28(34-14-31-20)35-19-4-6-22(16(2)25(19)29)39-17-12-21-27(30-13-17)33-15-32-21/h3-7,12-15,18,27H,1,8-11H2,2H3,(H,31,34,35). The Hall–Kier alpha value is -4.45. The van der Waals surface area contributed by atoms with E-state index in [1.165, 1.54) is 18.7 Å². The highest BCUT2D eigenvalue weighted by molar-refractivity contribution is 7.99. The number of thioether (sulfide) groups is 1. The van der Waals surface area contributed by atoms with Gasteiger partial charge in [0.15, 0.2) is 17.8 Å². The van der Waals surface area contributed by atoms with E-state index in [1.54, 1.807) is 43.1 Å². The first-order valence-corrected chi connectivity index (χ1v) is 13.6. The molecule has 40 heavy (non-hydrogen) atoms. The Balaban J connectivity index is 1.18. The Morgan fingerprint density at radius 1 is 1.20 bits per heavy atom. The molecule has 1 fully saturated rings. The number of ether oxygens (including phenoxy) is 1. The van der Waals surface area contributed by atoms with Gasteiger partial charge in [0.25, 0.3) is 0 Å². The summed E-state index contributed by atoms with van der Waals surface area (Å²) in [5.74, 6) is 0.720. The lowest BCUT2D eigenvalue weighted by atomic mass is 10.1. The number of carbonyl (C=O) groups excluding carboxylic acids is 1. The van der Waals surface area contributed by atoms with Crippen molar-refractivity contribution >= 4 is 58.5 Å². The summed E-state index contributed by atoms with van der Waals surface area (Å²) >= 11 is 1.66. The van der Waals surface area contributed by atoms with Crippen LogP contribution >= 0.6 is 11.8 Å². The third-order valence-corrected chi connectivity index (χ3v) is 8.08. The summed E-state index contributed by atoms with van der Waals surface area (Å²) < 4.78 is 21.4. The highest BCUT2D eigenvalue weighted by Gasteiger charge is 2.23. The second-order valence-electron chi connectivity index (χ2n) is 9.38. The number of hydrogen-bond acceptors (Lipinski definition) is 10. The number of pyridine rings is 1. The molecule has 2 aromatic heterocycles. The van der Waals surface area contributed by atoms with Gasteiger partial charge in [0.1, 0.15) is 29.7 Å². The van der Waals surface area contributed by atoms with Crippen LogP contribution in [-0.4, -0.2) is 68.5 Å². The average Bonchev–Trinajstić information content (AvgIpc) is 3.45. The van der Waals surface area contributed by atoms with Crippen molar-refractivity contribution in [1.82, 2.24) is 19.9 Å². The number of aliphatic imine (C=N–C) groups is 3. The van der Waals surface area contributed by atoms with Gasteiger partial charge < -0.3 is 15.0 Å². The maximum atomic E-state index is 15.5. The number of benzene rings is 1. The topological polar surface area (TPSA) is 117 Å². The third kappa shape index (κ3) is 5.22. The van der Waals surface area contributed by atoms with Gasteiger partial charge >= 0.3 is 0 Å². The van der Waals surface area contributed by atoms with Gasteiger partial charge in [0, 0.05) is 30.0 Å². The smallest absolute Gasteiger partial charge is 0.245 e. The van der Waals surface area contributed by atoms with E-state index in [1.807, 2.05) is 17.0 Å². The lowest BCUT2D eigenvalue weighted by Gasteiger charge is -2.30. The van der Waals surface area contributed by atoms with Gasteiger partial charge in [-0.2, -0.15) is 0 Å². The summed E-state index contributed by atoms with van der Waals surface area (Å²) in [5.41, 5.74) is 2.44. The van der Waals surface area contributed by atoms with Crippen LogP contribution in [0.25, 0.3) is 11.0 Å². The number of dihydropyridines is 1. The van der Waals surface area contributed by atoms with Crippen molar-refractivity contribution in [3.63, 3.8) is 0 Å². The first-order valence-electron chi connectivity index (χ1n) is 12.8. The minimum atomic E-state index is -0.469. The van der Waals surface area contributed by atoms with E-state index in [0.29, 0.717) is 58.0 Å². The largest absolute Gasteiger partial charge is 0.455 e. The molecule has 0 saturated carbocycles. The molecule has 5 heterocycles. The fourth-order valence-electron chi connectivity index (χ4n) is 4.62. The zero-order chi connectivity index (χ0) is 27.6. The molecule has 1 atom stereocenters. The molecule has 1 unspecified atom stereocenters. The molecule has 202 valence electrons. The molecule has 0 radical (unpaired) electrons. The molecule has 6 rings (SSSR count). The van der Waals surface area contributed by atoms with E-state index in [2.05, 4.69) is 36.8 Å². The van der Waals surface area contributed by atoms with Crippen molar-refractivity contribution in [3.8, 4) is 5.75 Å². The second kappa shape index (κ2) is 11.0. The summed E-state index contributed by atoms with van der Waals surface area (Å²) in [4.78, 5) is 39.7. The summed E-state index contributed by atoms with van der Waals surface area (Å²) in [5, 5.41) is 4.24. The normalized spacial score (nSPS) is 18.4. The number of nitrogens with one attached hydrogen (secondary N) is 1. The number of likely N-dealkylation sites (tertiary alicyclic amines) is 1. The predicted molar refractivity (Wildman–Crippen MR) is 154 cm³/mol. The number of halogens is 1. The zero-order valence-corrected chi connectivity index (χ0v) is 22.4. The molecular formula is C28H25FN8O2S. The number of fused-ring (bicyclic) bond motifs is 2. The summed E-state index contributed by atoms with van der Waals surface area (Å²) in [6.45, 7) is 6.60. The lowest BCUT2D eigenvalue weighted by molar-refractivity contribution is -0.126. The fourth-order valence-corrected chi connectivity index (χ4v) is 5.70. The van der Waals surface area contributed by atoms with Crippen LogP contribution < -0.4 is 10.1 Å². The van der Waals surface area contributed by atoms with Crippen molar-refractivity contribution < 1.29 is 13.9 Å². The molecule has 3 aromatic rings. The van der Waals surface area contributed by atoms with E-state index < -0.39 is 5.82 Å². The first-order chi connectivity index (χ1) is 19.5. The summed E-state index contributed by atoms with van der Waals surface area (Å²) in [7, 11) is 0. The monoisotopic (exact) mass is 556 g/mol. The van der Waals surface area contributed by atoms with Crippen molar-refractivity contribution in [1.29, 1.82) is 0 Å². The van der Waals surface area contributed by atoms with Crippen LogP contribution in [0.5, 0.6) is 5.75 Å². The van der Waals surface area contributed by atoms with Crippen LogP contribution in [0.3, 0.4) is 0 Å². The van der Waals surface area contributed by atoms with Gasteiger partial charge in [0.05, 0.1) is 28.2 Å². The Kier molecular flexibility index (Phi) is 7.08. The van der Waals surface area contributed by atoms with Crippen molar-refractivity contribution in [3.05, 3.63) is 66.5 Å². The minimum absolute atomic E-state index is 0.0330. The quantitative estimate of drug-likeness (QED) is 0.421. The highest BCUT2D eigenvalue weighted by Crippen LogP contribution is 2.33. The van der Waals surface area contributed by atoms with E-state index in [4.69, 9.17) is 9.72 Å². The summed E-state index contributed by atoms with van der Waals surface area (Å²) in [6.07, 6.45) is 8.96. The molecule has 12 heteroatoms. The van der Waals surface area contributed by atoms with E-state index >= 15 is 4.39 Å². The number of allylic oxidation sites excluding steroid dienone is 1. The molecule has 1 aromatic carbocycles. The van der Waals surface area contributed by atoms with Crippen molar-refractivity contribution in [2.45, 2.75) is 36.2 Å². The SMILES string of the molecule is C=CC(=O)N1CCC(Sc2ccc3ncnc(Nc4ccc(OC5=CC6=NC=NC6N=C5)c(C)c4F)c3n2)CC1. The van der Waals surface area contributed by atoms with Crippen LogP contribution in [0.15, 0.2) is 75.1 Å². The summed E-state index contributed by atoms with van der Waals surface area (Å²) in [6, 6.07) is 7.10. The number of nitrogens with zero attached hydrogens (tertiary/aromatic N) is 7. The van der Waals surface area contributed by atoms with Crippen LogP contribution in [0.2, 0.25) is 0 Å². The zero-order valence-electron chi connectivity index (χ0n) is 21.6. The average molecular weight is 557 g/mol. The molecule has 10 nitrogen and oxygen atoms in total. The number of rotatable bonds is 7. The van der Waals surface area contributed by atoms with Crippen LogP contribution in [-0.2, 0) is 4.79 Å². The second-order valence-corrected chi connectivity index (χ2v) is 10.7. The molecule has 3 aliphatic rings. The molecule has 0 spiro atoms. The third-order valence-electron chi connectivity index (χ3n) is 6.80. The number of aromatic nitrogens is 3. The minimum Gasteiger partial charge on any atom is -0.455 e. The van der Waals surface area contributed by atoms with E-state index in [0.717, 1.165) is 17.9 Å². The Morgan fingerprint density at radius 2 is 2.05 bits per heavy atom. The van der Waals surface area contributed by atoms with Crippen LogP contribution in [0.1, 0.15) is 18.4 Å². The molecular weight excluding hydrogens is 531 g/mol. The molecule has 3 aliphatic heterocycles. The van der Waals surface area contributed by atoms with Crippen LogP contribution in [0.4, 0.5) is 15.9 Å². The lowest BCUT2D eigenvalue weighted by Crippen LogP contribution is -2.38. The van der Waals surface area contributed by atoms with Gasteiger partial charge in [-0.3, -0.25) is 9.79 Å². The number of hydrogen-bond donors (Lipinski definition) is 1. The maximum Gasteiger partial charge on any atom is 0.245 e. The number of anilines is 2. The fraction of sp³-hybridized carbons (Fsp3) is 0.250. The van der Waals surface area contributed by atoms with Gasteiger partial charge in [-0.1, -0.05) is 6.58 Å². The van der Waals surface area contributed by atoms with Crippen LogP contribution in [0, 0.1) is 12.7 Å². The van der Waals surface area contributed by atoms with E-state index in [9.17, 15) is 4.79 Å². The number of piperidine rings is 1. The number of amides is 1. The van der Waals surface area contributed by atoms with Gasteiger partial charge in [0.2, 0.25) is 5.91 Å². The van der Waals surface area contributed by atoms with Gasteiger partial charge in [-0.15, -0.1) is 11.8 Å². The highest BCUT2D eigenvalue weighted by atomic mass is 32.2. The molecule has 1 N–H and O–H groups in total. The van der Waals surface area contributed by atoms with Crippen molar-refractivity contribution in [2.75, 3.05) is 18.4 Å². The molecule has 0 bridgehead atoms. The Morgan fingerprint density at radius 3 is 2.88 bits per heavy atom. The molecule has 1 amide bonds. The van der Waals surface area contributed by atoms with Gasteiger partial charge in [-0.05, 0) is 50.1 Å². The van der Waals surface area contributed by atoms with Crippen molar-refractivity contribution in [2.24, 2.45) is 15.0 Å². The predicted octanol–water partition coefficient (Wildman–Crippen LogP) is 4.64. The number of carbonyl (C=O) groups is 1.